The van der Waals surface area contributed by atoms with Gasteiger partial charge in [-0.25, -0.2) is 0 Å². The standard InChI is InChI=1S/C19H28BF3N6O5.C8H7F3/c21-19(22,23)10-3-11(20(33)34)5-14(4-10)28-16(30)7-27-18(32)15(26)1-2-17(31)29-8-12(24)6-13(25)9-29;1-6-2-4-7(5-3-6)8(9,10)11/h3-5,12-13,15,33-34H,1-2,6-9,24-26H2,(H,27,32)(H,28,30);2-5H,1H3. The summed E-state index contributed by atoms with van der Waals surface area (Å²) in [6.07, 6.45) is -8.42. The Labute approximate surface area is 255 Å². The van der Waals surface area contributed by atoms with Gasteiger partial charge in [0.25, 0.3) is 0 Å². The molecule has 248 valence electrons. The van der Waals surface area contributed by atoms with Gasteiger partial charge in [0.05, 0.1) is 23.7 Å². The third-order valence-electron chi connectivity index (χ3n) is 6.54. The largest absolute Gasteiger partial charge is 0.488 e. The maximum atomic E-state index is 13.0. The van der Waals surface area contributed by atoms with E-state index >= 15 is 0 Å². The van der Waals surface area contributed by atoms with E-state index < -0.39 is 60.5 Å². The average Bonchev–Trinajstić information content (AvgIpc) is 2.93. The summed E-state index contributed by atoms with van der Waals surface area (Å²) in [5.41, 5.74) is 15.7. The molecule has 0 spiro atoms. The maximum Gasteiger partial charge on any atom is 0.488 e. The van der Waals surface area contributed by atoms with Gasteiger partial charge >= 0.3 is 19.5 Å². The minimum atomic E-state index is -4.78. The summed E-state index contributed by atoms with van der Waals surface area (Å²) in [4.78, 5) is 38.0. The first kappa shape index (κ1) is 37.5. The van der Waals surface area contributed by atoms with Crippen molar-refractivity contribution >= 4 is 36.0 Å². The van der Waals surface area contributed by atoms with Crippen LogP contribution in [0.25, 0.3) is 0 Å². The topological polar surface area (TPSA) is 197 Å². The number of alkyl halides is 6. The number of nitrogens with two attached hydrogens (primary N) is 3. The number of carbonyl (C=O) groups excluding carboxylic acids is 3. The Morgan fingerprint density at radius 3 is 2.02 bits per heavy atom. The molecule has 2 aromatic rings. The SMILES string of the molecule is Cc1ccc(C(F)(F)F)cc1.NC1CC(N)CN(C(=O)CCC(N)C(=O)NCC(=O)Nc2cc(B(O)O)cc(C(F)(F)F)c2)C1. The van der Waals surface area contributed by atoms with Gasteiger partial charge < -0.3 is 42.8 Å². The van der Waals surface area contributed by atoms with Crippen molar-refractivity contribution in [1.82, 2.24) is 10.2 Å². The monoisotopic (exact) mass is 648 g/mol. The van der Waals surface area contributed by atoms with E-state index in [1.165, 1.54) is 17.0 Å². The zero-order valence-electron chi connectivity index (χ0n) is 24.2. The molecule has 0 bridgehead atoms. The van der Waals surface area contributed by atoms with Crippen LogP contribution < -0.4 is 33.3 Å². The molecule has 0 aromatic heterocycles. The first-order valence-electron chi connectivity index (χ1n) is 13.6. The number of benzene rings is 2. The predicted molar refractivity (Wildman–Crippen MR) is 153 cm³/mol. The van der Waals surface area contributed by atoms with Crippen LogP contribution in [-0.2, 0) is 26.7 Å². The first-order chi connectivity index (χ1) is 20.8. The van der Waals surface area contributed by atoms with E-state index in [9.17, 15) is 50.8 Å². The van der Waals surface area contributed by atoms with Crippen molar-refractivity contribution in [3.8, 4) is 0 Å². The highest BCUT2D eigenvalue weighted by atomic mass is 19.4. The van der Waals surface area contributed by atoms with Gasteiger partial charge in [-0.2, -0.15) is 26.3 Å². The average molecular weight is 648 g/mol. The van der Waals surface area contributed by atoms with E-state index in [4.69, 9.17) is 17.2 Å². The highest BCUT2D eigenvalue weighted by molar-refractivity contribution is 6.58. The summed E-state index contributed by atoms with van der Waals surface area (Å²) in [7, 11) is -2.19. The molecule has 18 heteroatoms. The second-order valence-corrected chi connectivity index (χ2v) is 10.5. The van der Waals surface area contributed by atoms with Gasteiger partial charge in [-0.05, 0) is 49.5 Å². The molecule has 2 aromatic carbocycles. The molecule has 3 unspecified atom stereocenters. The lowest BCUT2D eigenvalue weighted by Crippen LogP contribution is -2.54. The minimum Gasteiger partial charge on any atom is -0.423 e. The van der Waals surface area contributed by atoms with E-state index in [-0.39, 0.29) is 36.5 Å². The van der Waals surface area contributed by atoms with Crippen molar-refractivity contribution in [3.63, 3.8) is 0 Å². The number of rotatable bonds is 8. The Morgan fingerprint density at radius 1 is 0.956 bits per heavy atom. The number of nitrogens with one attached hydrogen (secondary N) is 2. The summed E-state index contributed by atoms with van der Waals surface area (Å²) in [5, 5.41) is 22.7. The Kier molecular flexibility index (Phi) is 13.4. The second kappa shape index (κ2) is 16.0. The van der Waals surface area contributed by atoms with Crippen LogP contribution in [0, 0.1) is 6.92 Å². The van der Waals surface area contributed by atoms with Gasteiger partial charge in [-0.3, -0.25) is 14.4 Å². The van der Waals surface area contributed by atoms with Crippen LogP contribution in [0.5, 0.6) is 0 Å². The number of aryl methyl sites for hydroxylation is 1. The van der Waals surface area contributed by atoms with E-state index in [0.717, 1.165) is 23.8 Å². The number of amides is 3. The Bertz CT molecular complexity index is 1300. The molecule has 1 saturated heterocycles. The van der Waals surface area contributed by atoms with Gasteiger partial charge in [0.1, 0.15) is 0 Å². The van der Waals surface area contributed by atoms with Crippen molar-refractivity contribution in [2.45, 2.75) is 56.7 Å². The van der Waals surface area contributed by atoms with Gasteiger partial charge in [0.2, 0.25) is 17.7 Å². The highest BCUT2D eigenvalue weighted by Gasteiger charge is 2.33. The van der Waals surface area contributed by atoms with Crippen molar-refractivity contribution < 1.29 is 50.8 Å². The molecule has 1 aliphatic heterocycles. The van der Waals surface area contributed by atoms with Crippen LogP contribution in [0.15, 0.2) is 42.5 Å². The molecular weight excluding hydrogens is 613 g/mol. The van der Waals surface area contributed by atoms with Crippen molar-refractivity contribution in [1.29, 1.82) is 0 Å². The lowest BCUT2D eigenvalue weighted by Gasteiger charge is -2.34. The maximum absolute atomic E-state index is 13.0. The number of anilines is 1. The quantitative estimate of drug-likeness (QED) is 0.158. The van der Waals surface area contributed by atoms with Crippen molar-refractivity contribution in [2.24, 2.45) is 17.2 Å². The molecule has 1 aliphatic rings. The highest BCUT2D eigenvalue weighted by Crippen LogP contribution is 2.30. The Balaban J connectivity index is 0.000000537. The number of halogens is 6. The summed E-state index contributed by atoms with van der Waals surface area (Å²) in [6.45, 7) is 1.86. The molecule has 0 saturated carbocycles. The van der Waals surface area contributed by atoms with Gasteiger partial charge in [-0.1, -0.05) is 23.8 Å². The zero-order valence-corrected chi connectivity index (χ0v) is 24.2. The number of hydrogen-bond donors (Lipinski definition) is 7. The summed E-state index contributed by atoms with van der Waals surface area (Å²) in [6, 6.07) is 5.60. The molecule has 0 aliphatic carbocycles. The summed E-state index contributed by atoms with van der Waals surface area (Å²) < 4.78 is 74.7. The minimum absolute atomic E-state index is 0.00135. The molecule has 3 atom stereocenters. The van der Waals surface area contributed by atoms with Crippen LogP contribution in [0.2, 0.25) is 0 Å². The van der Waals surface area contributed by atoms with Crippen LogP contribution in [0.3, 0.4) is 0 Å². The lowest BCUT2D eigenvalue weighted by molar-refractivity contribution is -0.138. The van der Waals surface area contributed by atoms with E-state index in [0.29, 0.717) is 31.6 Å². The molecular formula is C27H35BF6N6O5. The smallest absolute Gasteiger partial charge is 0.423 e. The van der Waals surface area contributed by atoms with Gasteiger partial charge in [0.15, 0.2) is 0 Å². The fourth-order valence-electron chi connectivity index (χ4n) is 4.23. The Morgan fingerprint density at radius 2 is 1.51 bits per heavy atom. The molecule has 10 N–H and O–H groups in total. The molecule has 11 nitrogen and oxygen atoms in total. The van der Waals surface area contributed by atoms with E-state index in [2.05, 4.69) is 10.6 Å². The van der Waals surface area contributed by atoms with Crippen LogP contribution >= 0.6 is 0 Å². The summed E-state index contributed by atoms with van der Waals surface area (Å²) >= 11 is 0. The third kappa shape index (κ3) is 12.7. The lowest BCUT2D eigenvalue weighted by atomic mass is 9.79. The molecule has 0 radical (unpaired) electrons. The van der Waals surface area contributed by atoms with E-state index in [1.807, 2.05) is 0 Å². The number of hydrogen-bond acceptors (Lipinski definition) is 8. The van der Waals surface area contributed by atoms with E-state index in [1.54, 1.807) is 6.92 Å². The van der Waals surface area contributed by atoms with Gasteiger partial charge in [-0.15, -0.1) is 0 Å². The molecule has 1 heterocycles. The Hall–Kier alpha value is -3.71. The van der Waals surface area contributed by atoms with Crippen LogP contribution in [-0.4, -0.2) is 77.5 Å². The van der Waals surface area contributed by atoms with Crippen LogP contribution in [0.4, 0.5) is 32.0 Å². The number of likely N-dealkylation sites (tertiary alicyclic amines) is 1. The molecule has 3 amide bonds. The molecule has 3 rings (SSSR count). The van der Waals surface area contributed by atoms with Gasteiger partial charge in [0, 0.05) is 37.3 Å². The zero-order chi connectivity index (χ0) is 34.1. The van der Waals surface area contributed by atoms with Crippen LogP contribution in [0.1, 0.15) is 36.0 Å². The third-order valence-corrected chi connectivity index (χ3v) is 6.54. The number of nitrogens with zero attached hydrogens (tertiary/aromatic N) is 1. The predicted octanol–water partition coefficient (Wildman–Crippen LogP) is 0.448. The fourth-order valence-corrected chi connectivity index (χ4v) is 4.23. The van der Waals surface area contributed by atoms with Crippen molar-refractivity contribution in [3.05, 3.63) is 59.2 Å². The molecule has 1 fully saturated rings. The first-order valence-corrected chi connectivity index (χ1v) is 13.6. The fraction of sp³-hybridized carbons (Fsp3) is 0.444. The van der Waals surface area contributed by atoms with Crippen molar-refractivity contribution in [2.75, 3.05) is 25.0 Å². The number of carbonyl (C=O) groups is 3. The summed E-state index contributed by atoms with van der Waals surface area (Å²) in [5.74, 6) is -1.85. The second-order valence-electron chi connectivity index (χ2n) is 10.5. The molecule has 45 heavy (non-hydrogen) atoms. The number of piperidine rings is 1. The normalized spacial score (nSPS) is 17.5.